The maximum atomic E-state index is 12.4. The summed E-state index contributed by atoms with van der Waals surface area (Å²) in [5, 5.41) is 15.8. The number of nitrogens with one attached hydrogen (secondary N) is 3. The Morgan fingerprint density at radius 3 is 2.61 bits per heavy atom. The number of hydrogen-bond acceptors (Lipinski definition) is 6. The van der Waals surface area contributed by atoms with E-state index in [0.717, 1.165) is 0 Å². The molecule has 9 nitrogen and oxygen atoms in total. The molecule has 1 fully saturated rings. The standard InChI is InChI=1S/C22H28ClN3O6S/c1-31-20-5-3-2-4-18(20)25-22(28)26-19-11-8-16(32-21(19)14-27)12-13-24-33(29,30)17-9-6-15(23)7-10-17/h2-7,9-10,16,19,21,24,27H,8,11-14H2,1H3,(H2,25,26,28)/t16-,19-,21-/m1/s1. The van der Waals surface area contributed by atoms with Gasteiger partial charge in [0.25, 0.3) is 0 Å². The lowest BCUT2D eigenvalue weighted by molar-refractivity contribution is -0.0884. The minimum Gasteiger partial charge on any atom is -0.495 e. The van der Waals surface area contributed by atoms with E-state index in [1.54, 1.807) is 24.3 Å². The second-order valence-corrected chi connectivity index (χ2v) is 9.81. The first-order chi connectivity index (χ1) is 15.8. The molecule has 0 aromatic heterocycles. The number of aliphatic hydroxyl groups excluding tert-OH is 1. The number of sulfonamides is 1. The van der Waals surface area contributed by atoms with Gasteiger partial charge >= 0.3 is 6.03 Å². The van der Waals surface area contributed by atoms with Gasteiger partial charge in [-0.25, -0.2) is 17.9 Å². The Bertz CT molecular complexity index is 1030. The number of halogens is 1. The molecule has 0 unspecified atom stereocenters. The van der Waals surface area contributed by atoms with Gasteiger partial charge in [0.05, 0.1) is 36.4 Å². The predicted molar refractivity (Wildman–Crippen MR) is 125 cm³/mol. The molecule has 33 heavy (non-hydrogen) atoms. The first-order valence-electron chi connectivity index (χ1n) is 10.5. The average molecular weight is 498 g/mol. The summed E-state index contributed by atoms with van der Waals surface area (Å²) in [7, 11) is -2.13. The molecule has 3 atom stereocenters. The van der Waals surface area contributed by atoms with Crippen molar-refractivity contribution < 1.29 is 27.8 Å². The Labute approximate surface area is 198 Å². The van der Waals surface area contributed by atoms with Crippen LogP contribution in [0.2, 0.25) is 5.02 Å². The first kappa shape index (κ1) is 25.3. The zero-order chi connectivity index (χ0) is 23.8. The number of amides is 2. The summed E-state index contributed by atoms with van der Waals surface area (Å²) in [5.74, 6) is 0.535. The van der Waals surface area contributed by atoms with Crippen molar-refractivity contribution in [2.75, 3.05) is 25.6 Å². The largest absolute Gasteiger partial charge is 0.495 e. The van der Waals surface area contributed by atoms with E-state index in [0.29, 0.717) is 35.7 Å². The number of para-hydroxylation sites is 2. The van der Waals surface area contributed by atoms with Crippen molar-refractivity contribution >= 4 is 33.3 Å². The SMILES string of the molecule is COc1ccccc1NC(=O)N[C@@H]1CC[C@H](CCNS(=O)(=O)c2ccc(Cl)cc2)O[C@@H]1CO. The lowest BCUT2D eigenvalue weighted by Crippen LogP contribution is -2.52. The van der Waals surface area contributed by atoms with Crippen molar-refractivity contribution in [2.24, 2.45) is 0 Å². The molecule has 0 bridgehead atoms. The molecule has 0 aliphatic carbocycles. The normalized spacial score (nSPS) is 20.8. The Hall–Kier alpha value is -2.37. The van der Waals surface area contributed by atoms with E-state index in [9.17, 15) is 18.3 Å². The van der Waals surface area contributed by atoms with Gasteiger partial charge in [-0.3, -0.25) is 0 Å². The van der Waals surface area contributed by atoms with Crippen LogP contribution in [-0.2, 0) is 14.8 Å². The third kappa shape index (κ3) is 7.05. The Balaban J connectivity index is 1.48. The summed E-state index contributed by atoms with van der Waals surface area (Å²) in [4.78, 5) is 12.6. The van der Waals surface area contributed by atoms with E-state index >= 15 is 0 Å². The van der Waals surface area contributed by atoms with Gasteiger partial charge in [-0.15, -0.1) is 0 Å². The summed E-state index contributed by atoms with van der Waals surface area (Å²) in [6, 6.07) is 12.1. The zero-order valence-corrected chi connectivity index (χ0v) is 19.7. The summed E-state index contributed by atoms with van der Waals surface area (Å²) < 4.78 is 38.4. The molecular weight excluding hydrogens is 470 g/mol. The third-order valence-electron chi connectivity index (χ3n) is 5.35. The van der Waals surface area contributed by atoms with E-state index in [4.69, 9.17) is 21.1 Å². The highest BCUT2D eigenvalue weighted by Crippen LogP contribution is 2.24. The molecule has 2 amide bonds. The Morgan fingerprint density at radius 1 is 1.18 bits per heavy atom. The zero-order valence-electron chi connectivity index (χ0n) is 18.2. The number of ether oxygens (including phenoxy) is 2. The van der Waals surface area contributed by atoms with Crippen LogP contribution in [0.3, 0.4) is 0 Å². The number of anilines is 1. The number of carbonyl (C=O) groups excluding carboxylic acids is 1. The number of urea groups is 1. The fourth-order valence-electron chi connectivity index (χ4n) is 3.64. The molecule has 0 saturated carbocycles. The van der Waals surface area contributed by atoms with Crippen LogP contribution in [0.15, 0.2) is 53.4 Å². The van der Waals surface area contributed by atoms with Gasteiger partial charge in [-0.2, -0.15) is 0 Å². The molecule has 0 spiro atoms. The van der Waals surface area contributed by atoms with Crippen LogP contribution in [-0.4, -0.2) is 58.1 Å². The Kier molecular flexibility index (Phi) is 8.93. The molecular formula is C22H28ClN3O6S. The second kappa shape index (κ2) is 11.7. The fraction of sp³-hybridized carbons (Fsp3) is 0.409. The molecule has 1 aliphatic heterocycles. The van der Waals surface area contributed by atoms with Crippen LogP contribution in [0.1, 0.15) is 19.3 Å². The minimum atomic E-state index is -3.65. The topological polar surface area (TPSA) is 126 Å². The van der Waals surface area contributed by atoms with Gasteiger partial charge in [0.2, 0.25) is 10.0 Å². The van der Waals surface area contributed by atoms with Crippen LogP contribution in [0.25, 0.3) is 0 Å². The summed E-state index contributed by atoms with van der Waals surface area (Å²) >= 11 is 5.80. The summed E-state index contributed by atoms with van der Waals surface area (Å²) in [6.45, 7) is -0.0905. The summed E-state index contributed by atoms with van der Waals surface area (Å²) in [5.41, 5.74) is 0.528. The van der Waals surface area contributed by atoms with Crippen molar-refractivity contribution in [2.45, 2.75) is 42.4 Å². The molecule has 11 heteroatoms. The highest BCUT2D eigenvalue weighted by Gasteiger charge is 2.32. The smallest absolute Gasteiger partial charge is 0.319 e. The number of carbonyl (C=O) groups is 1. The van der Waals surface area contributed by atoms with Crippen molar-refractivity contribution in [3.05, 3.63) is 53.6 Å². The van der Waals surface area contributed by atoms with E-state index in [1.807, 2.05) is 0 Å². The van der Waals surface area contributed by atoms with Crippen molar-refractivity contribution in [3.63, 3.8) is 0 Å². The molecule has 3 rings (SSSR count). The number of hydrogen-bond donors (Lipinski definition) is 4. The van der Waals surface area contributed by atoms with E-state index in [2.05, 4.69) is 15.4 Å². The molecule has 0 radical (unpaired) electrons. The monoisotopic (exact) mass is 497 g/mol. The fourth-order valence-corrected chi connectivity index (χ4v) is 4.81. The maximum Gasteiger partial charge on any atom is 0.319 e. The van der Waals surface area contributed by atoms with Gasteiger partial charge in [0, 0.05) is 11.6 Å². The lowest BCUT2D eigenvalue weighted by Gasteiger charge is -2.36. The number of methoxy groups -OCH3 is 1. The average Bonchev–Trinajstić information content (AvgIpc) is 2.80. The number of rotatable bonds is 9. The van der Waals surface area contributed by atoms with E-state index < -0.39 is 22.2 Å². The predicted octanol–water partition coefficient (Wildman–Crippen LogP) is 2.75. The van der Waals surface area contributed by atoms with Gasteiger partial charge in [-0.05, 0) is 55.7 Å². The summed E-state index contributed by atoms with van der Waals surface area (Å²) in [6.07, 6.45) is 0.784. The molecule has 180 valence electrons. The van der Waals surface area contributed by atoms with Crippen LogP contribution < -0.4 is 20.1 Å². The van der Waals surface area contributed by atoms with E-state index in [1.165, 1.54) is 31.4 Å². The molecule has 1 saturated heterocycles. The van der Waals surface area contributed by atoms with Gasteiger partial charge < -0.3 is 25.2 Å². The maximum absolute atomic E-state index is 12.4. The minimum absolute atomic E-state index is 0.134. The molecule has 1 heterocycles. The van der Waals surface area contributed by atoms with Crippen LogP contribution in [0.5, 0.6) is 5.75 Å². The highest BCUT2D eigenvalue weighted by molar-refractivity contribution is 7.89. The van der Waals surface area contributed by atoms with Crippen LogP contribution >= 0.6 is 11.6 Å². The molecule has 1 aliphatic rings. The quantitative estimate of drug-likeness (QED) is 0.422. The molecule has 4 N–H and O–H groups in total. The first-order valence-corrected chi connectivity index (χ1v) is 12.4. The van der Waals surface area contributed by atoms with Crippen LogP contribution in [0.4, 0.5) is 10.5 Å². The van der Waals surface area contributed by atoms with E-state index in [-0.39, 0.29) is 30.2 Å². The van der Waals surface area contributed by atoms with Crippen molar-refractivity contribution in [1.82, 2.24) is 10.0 Å². The van der Waals surface area contributed by atoms with Crippen molar-refractivity contribution in [1.29, 1.82) is 0 Å². The van der Waals surface area contributed by atoms with Gasteiger partial charge in [0.1, 0.15) is 11.9 Å². The molecule has 2 aromatic rings. The van der Waals surface area contributed by atoms with Crippen molar-refractivity contribution in [3.8, 4) is 5.75 Å². The lowest BCUT2D eigenvalue weighted by atomic mass is 9.97. The highest BCUT2D eigenvalue weighted by atomic mass is 35.5. The molecule has 2 aromatic carbocycles. The Morgan fingerprint density at radius 2 is 1.91 bits per heavy atom. The third-order valence-corrected chi connectivity index (χ3v) is 7.08. The van der Waals surface area contributed by atoms with Crippen LogP contribution in [0, 0.1) is 0 Å². The van der Waals surface area contributed by atoms with Gasteiger partial charge in [-0.1, -0.05) is 23.7 Å². The number of benzene rings is 2. The number of aliphatic hydroxyl groups is 1. The van der Waals surface area contributed by atoms with Gasteiger partial charge in [0.15, 0.2) is 0 Å². The second-order valence-electron chi connectivity index (χ2n) is 7.60.